The van der Waals surface area contributed by atoms with E-state index in [1.165, 1.54) is 21.2 Å². The number of thiophene rings is 1. The third kappa shape index (κ3) is 1.30. The fraction of sp³-hybridized carbons (Fsp3) is 0.333. The van der Waals surface area contributed by atoms with Crippen molar-refractivity contribution in [2.45, 2.75) is 26.7 Å². The van der Waals surface area contributed by atoms with E-state index in [0.29, 0.717) is 0 Å². The molecule has 0 aliphatic heterocycles. The van der Waals surface area contributed by atoms with Crippen molar-refractivity contribution in [2.24, 2.45) is 0 Å². The van der Waals surface area contributed by atoms with Crippen LogP contribution < -0.4 is 5.73 Å². The Kier molecular flexibility index (Phi) is 2.46. The molecule has 0 aliphatic carbocycles. The molecule has 1 nitrogen and oxygen atoms in total. The van der Waals surface area contributed by atoms with E-state index in [2.05, 4.69) is 26.0 Å². The first kappa shape index (κ1) is 9.53. The predicted octanol–water partition coefficient (Wildman–Crippen LogP) is 3.61. The van der Waals surface area contributed by atoms with E-state index >= 15 is 0 Å². The quantitative estimate of drug-likeness (QED) is 0.796. The first-order valence-electron chi connectivity index (χ1n) is 5.05. The van der Waals surface area contributed by atoms with Crippen LogP contribution >= 0.6 is 11.3 Å². The van der Waals surface area contributed by atoms with E-state index in [1.807, 2.05) is 5.38 Å². The summed E-state index contributed by atoms with van der Waals surface area (Å²) in [6, 6.07) is 4.36. The molecule has 2 heteroatoms. The van der Waals surface area contributed by atoms with Crippen LogP contribution in [-0.2, 0) is 12.8 Å². The molecule has 0 fully saturated rings. The van der Waals surface area contributed by atoms with Crippen LogP contribution in [0.5, 0.6) is 0 Å². The third-order valence-electron chi connectivity index (χ3n) is 2.71. The van der Waals surface area contributed by atoms with Gasteiger partial charge in [0.05, 0.1) is 5.69 Å². The molecule has 0 saturated carbocycles. The third-order valence-corrected chi connectivity index (χ3v) is 3.78. The van der Waals surface area contributed by atoms with Crippen molar-refractivity contribution < 1.29 is 0 Å². The summed E-state index contributed by atoms with van der Waals surface area (Å²) >= 11 is 1.77. The summed E-state index contributed by atoms with van der Waals surface area (Å²) in [4.78, 5) is 0. The molecule has 2 aromatic rings. The van der Waals surface area contributed by atoms with Crippen molar-refractivity contribution in [2.75, 3.05) is 5.73 Å². The van der Waals surface area contributed by atoms with Crippen molar-refractivity contribution in [1.29, 1.82) is 0 Å². The number of anilines is 1. The maximum atomic E-state index is 5.90. The molecule has 0 bridgehead atoms. The molecule has 2 rings (SSSR count). The fourth-order valence-corrected chi connectivity index (χ4v) is 3.04. The highest BCUT2D eigenvalue weighted by Crippen LogP contribution is 2.33. The van der Waals surface area contributed by atoms with Gasteiger partial charge in [0.25, 0.3) is 0 Å². The molecule has 0 saturated heterocycles. The molecule has 0 spiro atoms. The van der Waals surface area contributed by atoms with E-state index in [-0.39, 0.29) is 0 Å². The zero-order valence-electron chi connectivity index (χ0n) is 8.63. The maximum Gasteiger partial charge on any atom is 0.0502 e. The van der Waals surface area contributed by atoms with Crippen LogP contribution in [0.15, 0.2) is 17.5 Å². The second-order valence-electron chi connectivity index (χ2n) is 3.48. The molecule has 1 aromatic carbocycles. The van der Waals surface area contributed by atoms with Crippen LogP contribution in [0.1, 0.15) is 25.0 Å². The fourth-order valence-electron chi connectivity index (χ4n) is 1.94. The van der Waals surface area contributed by atoms with E-state index in [4.69, 9.17) is 5.73 Å². The normalized spacial score (nSPS) is 11.0. The summed E-state index contributed by atoms with van der Waals surface area (Å²) in [6.07, 6.45) is 2.21. The molecule has 74 valence electrons. The minimum absolute atomic E-state index is 0.919. The molecule has 0 amide bonds. The summed E-state index contributed by atoms with van der Waals surface area (Å²) in [5, 5.41) is 3.27. The van der Waals surface area contributed by atoms with Crippen LogP contribution in [0.4, 0.5) is 5.69 Å². The van der Waals surface area contributed by atoms with Gasteiger partial charge in [-0.05, 0) is 24.0 Å². The SMILES string of the molecule is CCc1ccc2c(N)csc2c1CC. The van der Waals surface area contributed by atoms with E-state index < -0.39 is 0 Å². The molecule has 0 unspecified atom stereocenters. The summed E-state index contributed by atoms with van der Waals surface area (Å²) in [7, 11) is 0. The summed E-state index contributed by atoms with van der Waals surface area (Å²) in [5.41, 5.74) is 9.76. The summed E-state index contributed by atoms with van der Waals surface area (Å²) in [5.74, 6) is 0. The van der Waals surface area contributed by atoms with Crippen LogP contribution in [-0.4, -0.2) is 0 Å². The van der Waals surface area contributed by atoms with Crippen molar-refractivity contribution in [1.82, 2.24) is 0 Å². The number of benzene rings is 1. The number of rotatable bonds is 2. The van der Waals surface area contributed by atoms with Crippen LogP contribution in [0.2, 0.25) is 0 Å². The van der Waals surface area contributed by atoms with Gasteiger partial charge in [-0.2, -0.15) is 0 Å². The standard InChI is InChI=1S/C12H15NS/c1-3-8-5-6-10-11(13)7-14-12(10)9(8)4-2/h5-7H,3-4,13H2,1-2H3. The Morgan fingerprint density at radius 2 is 2.00 bits per heavy atom. The molecule has 0 radical (unpaired) electrons. The Bertz CT molecular complexity index is 457. The number of nitrogen functional groups attached to an aromatic ring is 1. The zero-order valence-corrected chi connectivity index (χ0v) is 9.45. The smallest absolute Gasteiger partial charge is 0.0502 e. The zero-order chi connectivity index (χ0) is 10.1. The first-order valence-corrected chi connectivity index (χ1v) is 5.93. The van der Waals surface area contributed by atoms with Crippen molar-refractivity contribution >= 4 is 27.1 Å². The number of nitrogens with two attached hydrogens (primary N) is 1. The Hall–Kier alpha value is -1.02. The number of fused-ring (bicyclic) bond motifs is 1. The highest BCUT2D eigenvalue weighted by atomic mass is 32.1. The Morgan fingerprint density at radius 1 is 1.21 bits per heavy atom. The lowest BCUT2D eigenvalue weighted by Crippen LogP contribution is -1.91. The number of hydrogen-bond acceptors (Lipinski definition) is 2. The Labute approximate surface area is 88.6 Å². The minimum atomic E-state index is 0.919. The van der Waals surface area contributed by atoms with Gasteiger partial charge < -0.3 is 5.73 Å². The van der Waals surface area contributed by atoms with Gasteiger partial charge in [-0.25, -0.2) is 0 Å². The first-order chi connectivity index (χ1) is 6.77. The number of aryl methyl sites for hydroxylation is 2. The van der Waals surface area contributed by atoms with Crippen molar-refractivity contribution in [3.05, 3.63) is 28.6 Å². The lowest BCUT2D eigenvalue weighted by atomic mass is 10.0. The lowest BCUT2D eigenvalue weighted by molar-refractivity contribution is 1.05. The van der Waals surface area contributed by atoms with Gasteiger partial charge in [-0.3, -0.25) is 0 Å². The highest BCUT2D eigenvalue weighted by molar-refractivity contribution is 7.18. The van der Waals surface area contributed by atoms with Crippen LogP contribution in [0, 0.1) is 0 Å². The molecule has 1 heterocycles. The Balaban J connectivity index is 2.77. The van der Waals surface area contributed by atoms with Crippen molar-refractivity contribution in [3.8, 4) is 0 Å². The molecule has 0 aliphatic rings. The minimum Gasteiger partial charge on any atom is -0.398 e. The summed E-state index contributed by atoms with van der Waals surface area (Å²) < 4.78 is 1.38. The van der Waals surface area contributed by atoms with Gasteiger partial charge in [-0.1, -0.05) is 26.0 Å². The van der Waals surface area contributed by atoms with Crippen LogP contribution in [0.25, 0.3) is 10.1 Å². The number of hydrogen-bond donors (Lipinski definition) is 1. The average Bonchev–Trinajstić information content (AvgIpc) is 2.59. The predicted molar refractivity (Wildman–Crippen MR) is 65.0 cm³/mol. The van der Waals surface area contributed by atoms with Gasteiger partial charge in [0.2, 0.25) is 0 Å². The average molecular weight is 205 g/mol. The van der Waals surface area contributed by atoms with Crippen molar-refractivity contribution in [3.63, 3.8) is 0 Å². The van der Waals surface area contributed by atoms with Gasteiger partial charge in [0.1, 0.15) is 0 Å². The van der Waals surface area contributed by atoms with Gasteiger partial charge >= 0.3 is 0 Å². The topological polar surface area (TPSA) is 26.0 Å². The van der Waals surface area contributed by atoms with E-state index in [1.54, 1.807) is 11.3 Å². The second-order valence-corrected chi connectivity index (χ2v) is 4.36. The molecule has 2 N–H and O–H groups in total. The van der Waals surface area contributed by atoms with E-state index in [0.717, 1.165) is 18.5 Å². The molecule has 0 atom stereocenters. The monoisotopic (exact) mass is 205 g/mol. The van der Waals surface area contributed by atoms with E-state index in [9.17, 15) is 0 Å². The molecular formula is C12H15NS. The summed E-state index contributed by atoms with van der Waals surface area (Å²) in [6.45, 7) is 4.42. The second kappa shape index (κ2) is 3.62. The van der Waals surface area contributed by atoms with Gasteiger partial charge in [0, 0.05) is 15.5 Å². The lowest BCUT2D eigenvalue weighted by Gasteiger charge is -2.06. The maximum absolute atomic E-state index is 5.90. The Morgan fingerprint density at radius 3 is 2.64 bits per heavy atom. The van der Waals surface area contributed by atoms with Crippen LogP contribution in [0.3, 0.4) is 0 Å². The van der Waals surface area contributed by atoms with Gasteiger partial charge in [0.15, 0.2) is 0 Å². The molecular weight excluding hydrogens is 190 g/mol. The largest absolute Gasteiger partial charge is 0.398 e. The highest BCUT2D eigenvalue weighted by Gasteiger charge is 2.08. The van der Waals surface area contributed by atoms with Gasteiger partial charge in [-0.15, -0.1) is 11.3 Å². The molecule has 1 aromatic heterocycles. The molecule has 14 heavy (non-hydrogen) atoms.